The van der Waals surface area contributed by atoms with Crippen LogP contribution in [0, 0.1) is 0 Å². The largest absolute Gasteiger partial charge is 0.573 e. The number of carboxylic acid groups (broad SMARTS) is 1. The summed E-state index contributed by atoms with van der Waals surface area (Å²) >= 11 is 0. The van der Waals surface area contributed by atoms with Crippen LogP contribution in [0.2, 0.25) is 0 Å². The second kappa shape index (κ2) is 8.73. The van der Waals surface area contributed by atoms with Crippen molar-refractivity contribution in [2.75, 3.05) is 25.0 Å². The topological polar surface area (TPSA) is 55.8 Å². The number of para-hydroxylation sites is 1. The van der Waals surface area contributed by atoms with E-state index in [1.807, 2.05) is 7.05 Å². The minimum Gasteiger partial charge on any atom is -0.530 e. The molecule has 0 aromatic heterocycles. The molecule has 0 radical (unpaired) electrons. The van der Waals surface area contributed by atoms with E-state index < -0.39 is 12.5 Å². The maximum absolute atomic E-state index is 12.4. The summed E-state index contributed by atoms with van der Waals surface area (Å²) < 4.78 is 41.0. The molecule has 0 N–H and O–H groups in total. The molecule has 0 aliphatic carbocycles. The monoisotopic (exact) mass is 407 g/mol. The lowest BCUT2D eigenvalue weighted by Gasteiger charge is -2.30. The average Bonchev–Trinajstić information content (AvgIpc) is 3.06. The van der Waals surface area contributed by atoms with E-state index in [1.54, 1.807) is 24.3 Å². The number of carbonyl (C=O) groups excluding carboxylic acids is 1. The van der Waals surface area contributed by atoms with Gasteiger partial charge in [0, 0.05) is 23.8 Å². The second-order valence-corrected chi connectivity index (χ2v) is 7.07. The molecule has 156 valence electrons. The van der Waals surface area contributed by atoms with Crippen LogP contribution >= 0.6 is 0 Å². The lowest BCUT2D eigenvalue weighted by molar-refractivity contribution is -0.274. The summed E-state index contributed by atoms with van der Waals surface area (Å²) in [6, 6.07) is 12.5. The minimum absolute atomic E-state index is 0.281. The van der Waals surface area contributed by atoms with Crippen molar-refractivity contribution in [3.63, 3.8) is 0 Å². The molecule has 1 aliphatic rings. The van der Waals surface area contributed by atoms with Gasteiger partial charge in [0.15, 0.2) is 0 Å². The first-order valence-corrected chi connectivity index (χ1v) is 9.38. The van der Waals surface area contributed by atoms with Crippen LogP contribution in [0.25, 0.3) is 11.1 Å². The Bertz CT molecular complexity index is 840. The van der Waals surface area contributed by atoms with Gasteiger partial charge in [-0.2, -0.15) is 0 Å². The highest BCUT2D eigenvalue weighted by Crippen LogP contribution is 2.33. The molecule has 5 nitrogen and oxygen atoms in total. The fourth-order valence-corrected chi connectivity index (χ4v) is 3.72. The summed E-state index contributed by atoms with van der Waals surface area (Å²) in [4.78, 5) is 15.3. The summed E-state index contributed by atoms with van der Waals surface area (Å²) in [6.07, 6.45) is -3.28. The molecular weight excluding hydrogens is 385 g/mol. The van der Waals surface area contributed by atoms with Gasteiger partial charge in [-0.05, 0) is 56.6 Å². The van der Waals surface area contributed by atoms with E-state index in [2.05, 4.69) is 9.64 Å². The Labute approximate surface area is 167 Å². The number of amides is 1. The molecule has 0 spiro atoms. The van der Waals surface area contributed by atoms with Gasteiger partial charge in [0.05, 0.1) is 0 Å². The van der Waals surface area contributed by atoms with E-state index in [0.717, 1.165) is 19.4 Å². The van der Waals surface area contributed by atoms with Gasteiger partial charge in [-0.25, -0.2) is 0 Å². The number of benzene rings is 2. The molecule has 0 bridgehead atoms. The van der Waals surface area contributed by atoms with Crippen molar-refractivity contribution in [3.8, 4) is 16.9 Å². The molecule has 0 saturated carbocycles. The van der Waals surface area contributed by atoms with Gasteiger partial charge in [-0.15, -0.1) is 13.2 Å². The maximum Gasteiger partial charge on any atom is 0.573 e. The molecule has 29 heavy (non-hydrogen) atoms. The summed E-state index contributed by atoms with van der Waals surface area (Å²) in [5.74, 6) is -0.334. The summed E-state index contributed by atoms with van der Waals surface area (Å²) in [5, 5.41) is 11.8. The highest BCUT2D eigenvalue weighted by molar-refractivity contribution is 5.91. The predicted octanol–water partition coefficient (Wildman–Crippen LogP) is 3.89. The molecule has 2 aromatic rings. The standard InChI is InChI=1S/C21H23F3N2O3/c1-25-13-4-5-16(25)12-14-26(20(27)28)19-7-3-2-6-18(19)15-8-10-17(11-9-15)29-21(22,23)24/h2-3,6-11,16H,4-5,12-14H2,1H3,(H,27,28)/p-1. The Morgan fingerprint density at radius 2 is 1.90 bits per heavy atom. The number of likely N-dealkylation sites (tertiary alicyclic amines) is 1. The first-order chi connectivity index (χ1) is 13.7. The maximum atomic E-state index is 12.4. The Hall–Kier alpha value is -2.74. The van der Waals surface area contributed by atoms with Crippen molar-refractivity contribution in [1.29, 1.82) is 0 Å². The van der Waals surface area contributed by atoms with Crippen LogP contribution in [0.3, 0.4) is 0 Å². The molecular formula is C21H22F3N2O3-. The quantitative estimate of drug-likeness (QED) is 0.729. The van der Waals surface area contributed by atoms with Gasteiger partial charge in [0.25, 0.3) is 0 Å². The number of ether oxygens (including phenoxy) is 1. The Kier molecular flexibility index (Phi) is 6.32. The Morgan fingerprint density at radius 1 is 1.21 bits per heavy atom. The highest BCUT2D eigenvalue weighted by Gasteiger charge is 2.31. The van der Waals surface area contributed by atoms with Crippen LogP contribution in [0.5, 0.6) is 5.75 Å². The van der Waals surface area contributed by atoms with Crippen LogP contribution in [0.4, 0.5) is 23.7 Å². The zero-order chi connectivity index (χ0) is 21.0. The molecule has 2 aromatic carbocycles. The van der Waals surface area contributed by atoms with E-state index in [-0.39, 0.29) is 12.3 Å². The van der Waals surface area contributed by atoms with Crippen molar-refractivity contribution in [2.45, 2.75) is 31.7 Å². The summed E-state index contributed by atoms with van der Waals surface area (Å²) in [7, 11) is 2.03. The molecule has 3 rings (SSSR count). The van der Waals surface area contributed by atoms with Crippen molar-refractivity contribution in [3.05, 3.63) is 48.5 Å². The van der Waals surface area contributed by atoms with E-state index in [0.29, 0.717) is 29.3 Å². The van der Waals surface area contributed by atoms with E-state index in [1.165, 1.54) is 29.2 Å². The van der Waals surface area contributed by atoms with Crippen LogP contribution in [-0.2, 0) is 0 Å². The number of anilines is 1. The first-order valence-electron chi connectivity index (χ1n) is 9.38. The number of alkyl halides is 3. The SMILES string of the molecule is CN1CCCC1CCN(C(=O)[O-])c1ccccc1-c1ccc(OC(F)(F)F)cc1. The van der Waals surface area contributed by atoms with Gasteiger partial charge >= 0.3 is 6.36 Å². The third-order valence-corrected chi connectivity index (χ3v) is 5.17. The number of nitrogens with zero attached hydrogens (tertiary/aromatic N) is 2. The highest BCUT2D eigenvalue weighted by atomic mass is 19.4. The number of carbonyl (C=O) groups is 1. The third-order valence-electron chi connectivity index (χ3n) is 5.17. The fourth-order valence-electron chi connectivity index (χ4n) is 3.72. The van der Waals surface area contributed by atoms with Gasteiger partial charge in [-0.1, -0.05) is 30.3 Å². The average molecular weight is 407 g/mol. The molecule has 1 heterocycles. The second-order valence-electron chi connectivity index (χ2n) is 7.07. The van der Waals surface area contributed by atoms with E-state index in [4.69, 9.17) is 0 Å². The number of rotatable bonds is 6. The van der Waals surface area contributed by atoms with E-state index >= 15 is 0 Å². The number of hydrogen-bond donors (Lipinski definition) is 0. The van der Waals surface area contributed by atoms with Gasteiger partial charge < -0.3 is 24.4 Å². The van der Waals surface area contributed by atoms with Gasteiger partial charge in [-0.3, -0.25) is 0 Å². The van der Waals surface area contributed by atoms with Crippen molar-refractivity contribution < 1.29 is 27.8 Å². The molecule has 1 saturated heterocycles. The van der Waals surface area contributed by atoms with Crippen LogP contribution in [0.15, 0.2) is 48.5 Å². The minimum atomic E-state index is -4.77. The van der Waals surface area contributed by atoms with Crippen molar-refractivity contribution in [2.24, 2.45) is 0 Å². The molecule has 1 amide bonds. The van der Waals surface area contributed by atoms with Crippen LogP contribution < -0.4 is 14.7 Å². The molecule has 1 fully saturated rings. The smallest absolute Gasteiger partial charge is 0.530 e. The molecule has 1 atom stereocenters. The normalized spacial score (nSPS) is 17.3. The number of halogens is 3. The summed E-state index contributed by atoms with van der Waals surface area (Å²) in [6.45, 7) is 1.28. The van der Waals surface area contributed by atoms with Crippen LogP contribution in [-0.4, -0.2) is 43.5 Å². The third kappa shape index (κ3) is 5.41. The zero-order valence-electron chi connectivity index (χ0n) is 16.0. The lowest BCUT2D eigenvalue weighted by Crippen LogP contribution is -2.43. The predicted molar refractivity (Wildman–Crippen MR) is 102 cm³/mol. The Balaban J connectivity index is 1.83. The fraction of sp³-hybridized carbons (Fsp3) is 0.381. The first kappa shape index (κ1) is 21.0. The van der Waals surface area contributed by atoms with Crippen molar-refractivity contribution in [1.82, 2.24) is 4.90 Å². The van der Waals surface area contributed by atoms with Gasteiger partial charge in [0.2, 0.25) is 0 Å². The lowest BCUT2D eigenvalue weighted by atomic mass is 10.0. The summed E-state index contributed by atoms with van der Waals surface area (Å²) in [5.41, 5.74) is 1.62. The molecule has 8 heteroatoms. The number of hydrogen-bond acceptors (Lipinski definition) is 4. The zero-order valence-corrected chi connectivity index (χ0v) is 16.0. The van der Waals surface area contributed by atoms with Crippen LogP contribution in [0.1, 0.15) is 19.3 Å². The Morgan fingerprint density at radius 3 is 2.48 bits per heavy atom. The van der Waals surface area contributed by atoms with Crippen molar-refractivity contribution >= 4 is 11.8 Å². The molecule has 1 aliphatic heterocycles. The van der Waals surface area contributed by atoms with E-state index in [9.17, 15) is 23.1 Å². The molecule has 1 unspecified atom stereocenters. The van der Waals surface area contributed by atoms with Gasteiger partial charge in [0.1, 0.15) is 11.8 Å².